The van der Waals surface area contributed by atoms with E-state index in [4.69, 9.17) is 13.9 Å². The first-order chi connectivity index (χ1) is 32.7. The number of hydrogen-bond acceptors (Lipinski definition) is 4. The molecule has 2 spiro atoms. The third kappa shape index (κ3) is 4.43. The summed E-state index contributed by atoms with van der Waals surface area (Å²) in [5.41, 5.74) is 17.9. The van der Waals surface area contributed by atoms with Crippen molar-refractivity contribution in [1.82, 2.24) is 0 Å². The Morgan fingerprint density at radius 1 is 0.303 bits per heavy atom. The number of hydrogen-bond donors (Lipinski definition) is 0. The Bertz CT molecular complexity index is 3590. The standard InChI is InChI=1S/C62H37NO3/c1-4-19-45-40(16-1)42-34-32-38(36-51(42)61(45)47-21-6-11-27-55(47)65-56-28-12-7-22-48(56)61)63(53-25-15-31-59-60(53)44-18-3-10-26-54(44)64-59)39-33-35-43-41-17-2-5-20-46(41)62(52(43)37-39)49-23-8-13-29-57(49)66-58-30-14-9-24-50(58)62/h1-37H. The lowest BCUT2D eigenvalue weighted by molar-refractivity contribution is 0.436. The van der Waals surface area contributed by atoms with E-state index in [2.05, 4.69) is 223 Å². The van der Waals surface area contributed by atoms with Crippen molar-refractivity contribution in [2.45, 2.75) is 10.8 Å². The Morgan fingerprint density at radius 2 is 0.697 bits per heavy atom. The van der Waals surface area contributed by atoms with Crippen LogP contribution in [0.25, 0.3) is 44.2 Å². The van der Waals surface area contributed by atoms with Gasteiger partial charge in [-0.15, -0.1) is 0 Å². The fraction of sp³-hybridized carbons (Fsp3) is 0.0323. The van der Waals surface area contributed by atoms with Gasteiger partial charge in [-0.25, -0.2) is 0 Å². The second-order valence-electron chi connectivity index (χ2n) is 17.8. The molecule has 0 radical (unpaired) electrons. The number of para-hydroxylation sites is 5. The third-order valence-electron chi connectivity index (χ3n) is 14.8. The van der Waals surface area contributed by atoms with Gasteiger partial charge in [-0.1, -0.05) is 158 Å². The highest BCUT2D eigenvalue weighted by Crippen LogP contribution is 2.65. The molecule has 0 atom stereocenters. The summed E-state index contributed by atoms with van der Waals surface area (Å²) >= 11 is 0. The molecule has 4 nitrogen and oxygen atoms in total. The van der Waals surface area contributed by atoms with Gasteiger partial charge in [0.25, 0.3) is 0 Å². The fourth-order valence-corrected chi connectivity index (χ4v) is 12.3. The van der Waals surface area contributed by atoms with Crippen molar-refractivity contribution in [3.05, 3.63) is 269 Å². The van der Waals surface area contributed by atoms with Gasteiger partial charge in [0.05, 0.1) is 21.9 Å². The van der Waals surface area contributed by atoms with Crippen molar-refractivity contribution in [3.8, 4) is 45.3 Å². The second kappa shape index (κ2) is 13.0. The van der Waals surface area contributed by atoms with Crippen LogP contribution in [0.5, 0.6) is 23.0 Å². The molecule has 1 aromatic heterocycles. The number of benzene rings is 10. The summed E-state index contributed by atoms with van der Waals surface area (Å²) in [6.45, 7) is 0. The summed E-state index contributed by atoms with van der Waals surface area (Å²) in [5.74, 6) is 3.49. The highest BCUT2D eigenvalue weighted by Gasteiger charge is 2.53. The molecular formula is C62H37NO3. The lowest BCUT2D eigenvalue weighted by Gasteiger charge is -2.40. The van der Waals surface area contributed by atoms with E-state index in [9.17, 15) is 0 Å². The maximum absolute atomic E-state index is 6.74. The molecule has 4 aliphatic rings. The molecule has 308 valence electrons. The van der Waals surface area contributed by atoms with Gasteiger partial charge in [-0.2, -0.15) is 0 Å². The average Bonchev–Trinajstić information content (AvgIpc) is 4.00. The number of nitrogens with zero attached hydrogens (tertiary/aromatic N) is 1. The van der Waals surface area contributed by atoms with Crippen LogP contribution in [0.15, 0.2) is 229 Å². The maximum atomic E-state index is 6.74. The van der Waals surface area contributed by atoms with E-state index in [0.29, 0.717) is 0 Å². The first-order valence-corrected chi connectivity index (χ1v) is 22.7. The molecule has 2 aliphatic heterocycles. The van der Waals surface area contributed by atoms with Gasteiger partial charge in [-0.05, 0) is 111 Å². The molecule has 0 saturated heterocycles. The van der Waals surface area contributed by atoms with E-state index in [1.807, 2.05) is 6.07 Å². The van der Waals surface area contributed by atoms with Crippen LogP contribution in [0.1, 0.15) is 44.5 Å². The molecule has 2 aliphatic carbocycles. The Hall–Kier alpha value is -8.60. The highest BCUT2D eigenvalue weighted by molar-refractivity contribution is 6.13. The van der Waals surface area contributed by atoms with Crippen LogP contribution >= 0.6 is 0 Å². The van der Waals surface area contributed by atoms with Crippen LogP contribution in [-0.4, -0.2) is 0 Å². The third-order valence-corrected chi connectivity index (χ3v) is 14.8. The predicted molar refractivity (Wildman–Crippen MR) is 263 cm³/mol. The van der Waals surface area contributed by atoms with E-state index in [0.717, 1.165) is 84.3 Å². The van der Waals surface area contributed by atoms with Gasteiger partial charge in [0.2, 0.25) is 0 Å². The molecule has 0 amide bonds. The number of rotatable bonds is 3. The highest BCUT2D eigenvalue weighted by atomic mass is 16.5. The Labute approximate surface area is 381 Å². The molecule has 0 N–H and O–H groups in total. The van der Waals surface area contributed by atoms with Crippen LogP contribution in [0.2, 0.25) is 0 Å². The summed E-state index contributed by atoms with van der Waals surface area (Å²) in [4.78, 5) is 2.46. The van der Waals surface area contributed by atoms with Gasteiger partial charge in [0.1, 0.15) is 34.2 Å². The predicted octanol–water partition coefficient (Wildman–Crippen LogP) is 16.0. The van der Waals surface area contributed by atoms with Crippen molar-refractivity contribution in [2.75, 3.05) is 4.90 Å². The molecule has 15 rings (SSSR count). The van der Waals surface area contributed by atoms with Crippen molar-refractivity contribution in [2.24, 2.45) is 0 Å². The Balaban J connectivity index is 1.05. The Morgan fingerprint density at radius 3 is 1.20 bits per heavy atom. The number of fused-ring (bicyclic) bond motifs is 21. The van der Waals surface area contributed by atoms with Gasteiger partial charge >= 0.3 is 0 Å². The second-order valence-corrected chi connectivity index (χ2v) is 17.8. The van der Waals surface area contributed by atoms with E-state index in [1.54, 1.807) is 0 Å². The smallest absolute Gasteiger partial charge is 0.137 e. The molecule has 3 heterocycles. The summed E-state index contributed by atoms with van der Waals surface area (Å²) in [5, 5.41) is 2.14. The quantitative estimate of drug-likeness (QED) is 0.177. The minimum atomic E-state index is -0.632. The summed E-state index contributed by atoms with van der Waals surface area (Å²) in [6.07, 6.45) is 0. The average molecular weight is 844 g/mol. The normalized spacial score (nSPS) is 14.5. The maximum Gasteiger partial charge on any atom is 0.137 e. The first kappa shape index (κ1) is 35.8. The molecule has 10 aromatic carbocycles. The zero-order valence-corrected chi connectivity index (χ0v) is 35.5. The minimum Gasteiger partial charge on any atom is -0.457 e. The molecule has 0 fully saturated rings. The van der Waals surface area contributed by atoms with Crippen LogP contribution in [0, 0.1) is 0 Å². The van der Waals surface area contributed by atoms with Crippen LogP contribution < -0.4 is 14.4 Å². The minimum absolute atomic E-state index is 0.632. The van der Waals surface area contributed by atoms with Crippen molar-refractivity contribution in [3.63, 3.8) is 0 Å². The molecule has 0 bridgehead atoms. The van der Waals surface area contributed by atoms with E-state index >= 15 is 0 Å². The number of anilines is 3. The molecule has 66 heavy (non-hydrogen) atoms. The van der Waals surface area contributed by atoms with E-state index < -0.39 is 10.8 Å². The van der Waals surface area contributed by atoms with Crippen LogP contribution in [0.3, 0.4) is 0 Å². The monoisotopic (exact) mass is 843 g/mol. The van der Waals surface area contributed by atoms with E-state index in [-0.39, 0.29) is 0 Å². The molecule has 0 unspecified atom stereocenters. The zero-order valence-electron chi connectivity index (χ0n) is 35.5. The van der Waals surface area contributed by atoms with E-state index in [1.165, 1.54) is 44.5 Å². The van der Waals surface area contributed by atoms with Gasteiger partial charge in [-0.3, -0.25) is 0 Å². The van der Waals surface area contributed by atoms with Gasteiger partial charge < -0.3 is 18.8 Å². The summed E-state index contributed by atoms with van der Waals surface area (Å²) in [6, 6.07) is 81.2. The topological polar surface area (TPSA) is 34.8 Å². The summed E-state index contributed by atoms with van der Waals surface area (Å²) < 4.78 is 20.1. The molecule has 11 aromatic rings. The molecule has 0 saturated carbocycles. The zero-order chi connectivity index (χ0) is 43.1. The van der Waals surface area contributed by atoms with Gasteiger partial charge in [0.15, 0.2) is 0 Å². The molecular weight excluding hydrogens is 807 g/mol. The summed E-state index contributed by atoms with van der Waals surface area (Å²) in [7, 11) is 0. The van der Waals surface area contributed by atoms with Crippen molar-refractivity contribution < 1.29 is 13.9 Å². The Kier molecular flexibility index (Phi) is 7.05. The van der Waals surface area contributed by atoms with Crippen LogP contribution in [-0.2, 0) is 10.8 Å². The van der Waals surface area contributed by atoms with Crippen LogP contribution in [0.4, 0.5) is 17.1 Å². The fourth-order valence-electron chi connectivity index (χ4n) is 12.3. The lowest BCUT2D eigenvalue weighted by atomic mass is 9.66. The van der Waals surface area contributed by atoms with Crippen molar-refractivity contribution in [1.29, 1.82) is 0 Å². The largest absolute Gasteiger partial charge is 0.457 e. The SMILES string of the molecule is c1ccc2c(c1)Oc1ccccc1C21c2ccccc2-c2ccc(N(c3ccc4c(c3)C3(c5ccccc5Oc5ccccc53)c3ccccc3-4)c3cccc4oc5ccccc5c34)cc21. The first-order valence-electron chi connectivity index (χ1n) is 22.7. The lowest BCUT2D eigenvalue weighted by Crippen LogP contribution is -2.32. The van der Waals surface area contributed by atoms with Crippen molar-refractivity contribution >= 4 is 39.0 Å². The number of furan rings is 1. The number of ether oxygens (including phenoxy) is 2. The van der Waals surface area contributed by atoms with Gasteiger partial charge in [0, 0.05) is 39.0 Å². The molecule has 4 heteroatoms.